The molecule has 0 bridgehead atoms. The number of aryl methyl sites for hydroxylation is 1. The van der Waals surface area contributed by atoms with Gasteiger partial charge in [-0.05, 0) is 37.9 Å². The highest BCUT2D eigenvalue weighted by atomic mass is 16.1. The van der Waals surface area contributed by atoms with Crippen molar-refractivity contribution in [3.8, 4) is 0 Å². The second-order valence-electron chi connectivity index (χ2n) is 6.93. The van der Waals surface area contributed by atoms with Gasteiger partial charge >= 0.3 is 0 Å². The highest BCUT2D eigenvalue weighted by Crippen LogP contribution is 2.23. The Morgan fingerprint density at radius 1 is 1.38 bits per heavy atom. The van der Waals surface area contributed by atoms with Crippen LogP contribution in [0.15, 0.2) is 29.2 Å². The summed E-state index contributed by atoms with van der Waals surface area (Å²) in [6, 6.07) is 5.89. The van der Waals surface area contributed by atoms with Crippen LogP contribution in [0.3, 0.4) is 0 Å². The molecule has 0 amide bonds. The molecule has 21 heavy (non-hydrogen) atoms. The molecule has 2 aromatic heterocycles. The molecule has 0 aromatic carbocycles. The molecule has 0 unspecified atom stereocenters. The Balaban J connectivity index is 2.36. The molecule has 114 valence electrons. The Bertz CT molecular complexity index is 697. The molecule has 0 aliphatic heterocycles. The van der Waals surface area contributed by atoms with E-state index in [1.165, 1.54) is 0 Å². The van der Waals surface area contributed by atoms with Crippen LogP contribution in [-0.4, -0.2) is 27.4 Å². The molecule has 0 radical (unpaired) electrons. The molecule has 0 saturated carbocycles. The lowest BCUT2D eigenvalue weighted by atomic mass is 9.87. The van der Waals surface area contributed by atoms with Crippen molar-refractivity contribution in [1.29, 1.82) is 0 Å². The Morgan fingerprint density at radius 3 is 2.67 bits per heavy atom. The van der Waals surface area contributed by atoms with Gasteiger partial charge in [-0.3, -0.25) is 14.1 Å². The summed E-state index contributed by atoms with van der Waals surface area (Å²) >= 11 is 0. The summed E-state index contributed by atoms with van der Waals surface area (Å²) in [6.07, 6.45) is 1.77. The Morgan fingerprint density at radius 2 is 2.05 bits per heavy atom. The van der Waals surface area contributed by atoms with E-state index in [1.807, 2.05) is 19.1 Å². The fourth-order valence-corrected chi connectivity index (χ4v) is 2.44. The largest absolute Gasteiger partial charge is 0.297 e. The van der Waals surface area contributed by atoms with Crippen LogP contribution in [-0.2, 0) is 6.54 Å². The third-order valence-electron chi connectivity index (χ3n) is 4.27. The highest BCUT2D eigenvalue weighted by Gasteiger charge is 2.24. The summed E-state index contributed by atoms with van der Waals surface area (Å²) in [5, 5.41) is 0. The fraction of sp³-hybridized carbons (Fsp3) is 0.529. The molecular formula is C17H25N3O. The summed E-state index contributed by atoms with van der Waals surface area (Å²) in [6.45, 7) is 11.5. The van der Waals surface area contributed by atoms with E-state index in [0.29, 0.717) is 12.6 Å². The molecule has 0 N–H and O–H groups in total. The number of pyridine rings is 1. The summed E-state index contributed by atoms with van der Waals surface area (Å²) in [5.41, 5.74) is 2.76. The Hall–Kier alpha value is -1.68. The van der Waals surface area contributed by atoms with E-state index in [1.54, 1.807) is 16.7 Å². The van der Waals surface area contributed by atoms with E-state index < -0.39 is 0 Å². The van der Waals surface area contributed by atoms with Crippen molar-refractivity contribution in [2.24, 2.45) is 5.41 Å². The zero-order valence-corrected chi connectivity index (χ0v) is 13.8. The van der Waals surface area contributed by atoms with Crippen LogP contribution in [0, 0.1) is 12.3 Å². The van der Waals surface area contributed by atoms with Crippen molar-refractivity contribution >= 4 is 5.65 Å². The first-order valence-corrected chi connectivity index (χ1v) is 7.38. The first kappa shape index (κ1) is 15.7. The van der Waals surface area contributed by atoms with Gasteiger partial charge in [0.15, 0.2) is 0 Å². The summed E-state index contributed by atoms with van der Waals surface area (Å²) in [5.74, 6) is 0. The first-order valence-electron chi connectivity index (χ1n) is 7.38. The molecule has 1 atom stereocenters. The minimum absolute atomic E-state index is 0.0180. The van der Waals surface area contributed by atoms with Crippen LogP contribution in [0.5, 0.6) is 0 Å². The van der Waals surface area contributed by atoms with E-state index >= 15 is 0 Å². The minimum atomic E-state index is -0.0180. The molecule has 4 nitrogen and oxygen atoms in total. The van der Waals surface area contributed by atoms with Crippen molar-refractivity contribution in [3.63, 3.8) is 0 Å². The zero-order chi connectivity index (χ0) is 15.8. The molecule has 0 fully saturated rings. The second-order valence-corrected chi connectivity index (χ2v) is 6.93. The Kier molecular flexibility index (Phi) is 4.19. The fourth-order valence-electron chi connectivity index (χ4n) is 2.44. The van der Waals surface area contributed by atoms with E-state index in [2.05, 4.69) is 44.6 Å². The van der Waals surface area contributed by atoms with Gasteiger partial charge in [-0.25, -0.2) is 4.98 Å². The number of hydrogen-bond acceptors (Lipinski definition) is 3. The van der Waals surface area contributed by atoms with Gasteiger partial charge < -0.3 is 0 Å². The van der Waals surface area contributed by atoms with Gasteiger partial charge in [-0.1, -0.05) is 26.8 Å². The van der Waals surface area contributed by atoms with Gasteiger partial charge in [0, 0.05) is 24.8 Å². The predicted octanol–water partition coefficient (Wildman–Crippen LogP) is 2.87. The maximum Gasteiger partial charge on any atom is 0.258 e. The van der Waals surface area contributed by atoms with Gasteiger partial charge in [0.2, 0.25) is 0 Å². The molecular weight excluding hydrogens is 262 g/mol. The smallest absolute Gasteiger partial charge is 0.258 e. The average molecular weight is 287 g/mol. The number of rotatable bonds is 3. The van der Waals surface area contributed by atoms with Crippen LogP contribution in [0.25, 0.3) is 5.65 Å². The van der Waals surface area contributed by atoms with Crippen molar-refractivity contribution < 1.29 is 0 Å². The van der Waals surface area contributed by atoms with Crippen LogP contribution in [0.1, 0.15) is 39.0 Å². The SMILES string of the molecule is Cc1cccn2c(=O)cc(CN(C)[C@H](C)C(C)(C)C)nc12. The molecule has 4 heteroatoms. The number of aromatic nitrogens is 2. The van der Waals surface area contributed by atoms with E-state index in [0.717, 1.165) is 16.9 Å². The van der Waals surface area contributed by atoms with Gasteiger partial charge in [0.25, 0.3) is 5.56 Å². The Labute approximate surface area is 126 Å². The maximum absolute atomic E-state index is 12.2. The quantitative estimate of drug-likeness (QED) is 0.871. The van der Waals surface area contributed by atoms with Crippen molar-refractivity contribution in [1.82, 2.24) is 14.3 Å². The zero-order valence-electron chi connectivity index (χ0n) is 13.8. The third kappa shape index (κ3) is 3.32. The van der Waals surface area contributed by atoms with E-state index in [4.69, 9.17) is 0 Å². The molecule has 2 heterocycles. The molecule has 0 aliphatic rings. The van der Waals surface area contributed by atoms with Gasteiger partial charge in [-0.15, -0.1) is 0 Å². The summed E-state index contributed by atoms with van der Waals surface area (Å²) < 4.78 is 1.60. The lowest BCUT2D eigenvalue weighted by molar-refractivity contribution is 0.133. The summed E-state index contributed by atoms with van der Waals surface area (Å²) in [4.78, 5) is 19.1. The summed E-state index contributed by atoms with van der Waals surface area (Å²) in [7, 11) is 2.08. The monoisotopic (exact) mass is 287 g/mol. The topological polar surface area (TPSA) is 37.6 Å². The van der Waals surface area contributed by atoms with E-state index in [-0.39, 0.29) is 11.0 Å². The predicted molar refractivity (Wildman–Crippen MR) is 86.6 cm³/mol. The van der Waals surface area contributed by atoms with Crippen molar-refractivity contribution in [2.75, 3.05) is 7.05 Å². The molecule has 0 aliphatic carbocycles. The molecule has 0 saturated heterocycles. The number of fused-ring (bicyclic) bond motifs is 1. The van der Waals surface area contributed by atoms with E-state index in [9.17, 15) is 4.79 Å². The molecule has 2 aromatic rings. The maximum atomic E-state index is 12.2. The van der Waals surface area contributed by atoms with Gasteiger partial charge in [0.05, 0.1) is 5.69 Å². The van der Waals surface area contributed by atoms with Crippen LogP contribution >= 0.6 is 0 Å². The lowest BCUT2D eigenvalue weighted by Crippen LogP contribution is -2.39. The average Bonchev–Trinajstić information content (AvgIpc) is 2.38. The highest BCUT2D eigenvalue weighted by molar-refractivity contribution is 5.46. The first-order chi connectivity index (χ1) is 9.70. The van der Waals surface area contributed by atoms with Crippen molar-refractivity contribution in [3.05, 3.63) is 46.0 Å². The van der Waals surface area contributed by atoms with Crippen LogP contribution in [0.2, 0.25) is 0 Å². The normalized spacial score (nSPS) is 13.9. The number of nitrogens with zero attached hydrogens (tertiary/aromatic N) is 3. The second kappa shape index (κ2) is 5.60. The van der Waals surface area contributed by atoms with Gasteiger partial charge in [-0.2, -0.15) is 0 Å². The van der Waals surface area contributed by atoms with Crippen LogP contribution < -0.4 is 5.56 Å². The van der Waals surface area contributed by atoms with Crippen molar-refractivity contribution in [2.45, 2.75) is 47.2 Å². The van der Waals surface area contributed by atoms with Crippen LogP contribution in [0.4, 0.5) is 0 Å². The molecule has 0 spiro atoms. The molecule has 2 rings (SSSR count). The standard InChI is InChI=1S/C17H25N3O/c1-12-8-7-9-20-15(21)10-14(18-16(12)20)11-19(6)13(2)17(3,4)5/h7-10,13H,11H2,1-6H3/t13-/m1/s1. The minimum Gasteiger partial charge on any atom is -0.297 e. The third-order valence-corrected chi connectivity index (χ3v) is 4.27. The lowest BCUT2D eigenvalue weighted by Gasteiger charge is -2.35. The van der Waals surface area contributed by atoms with Gasteiger partial charge in [0.1, 0.15) is 5.65 Å². The number of hydrogen-bond donors (Lipinski definition) is 0.